The SMILES string of the molecule is COc1cc(-c2cc(C)[nH]c(=O)c2C#N)ccc1OC(C)=O. The van der Waals surface area contributed by atoms with Gasteiger partial charge in [0.05, 0.1) is 7.11 Å². The number of hydrogen-bond acceptors (Lipinski definition) is 5. The van der Waals surface area contributed by atoms with Gasteiger partial charge in [0, 0.05) is 18.2 Å². The quantitative estimate of drug-likeness (QED) is 0.692. The van der Waals surface area contributed by atoms with Gasteiger partial charge in [-0.05, 0) is 30.7 Å². The van der Waals surface area contributed by atoms with Crippen molar-refractivity contribution in [1.82, 2.24) is 4.98 Å². The molecule has 0 amide bonds. The highest BCUT2D eigenvalue weighted by molar-refractivity contribution is 5.75. The number of aromatic nitrogens is 1. The van der Waals surface area contributed by atoms with Gasteiger partial charge in [-0.3, -0.25) is 9.59 Å². The second-order valence-corrected chi connectivity index (χ2v) is 4.64. The van der Waals surface area contributed by atoms with Crippen molar-refractivity contribution >= 4 is 5.97 Å². The molecule has 22 heavy (non-hydrogen) atoms. The van der Waals surface area contributed by atoms with Gasteiger partial charge in [-0.1, -0.05) is 6.07 Å². The summed E-state index contributed by atoms with van der Waals surface area (Å²) in [6, 6.07) is 8.46. The molecule has 0 bridgehead atoms. The smallest absolute Gasteiger partial charge is 0.308 e. The van der Waals surface area contributed by atoms with E-state index >= 15 is 0 Å². The largest absolute Gasteiger partial charge is 0.493 e. The van der Waals surface area contributed by atoms with Crippen molar-refractivity contribution in [3.8, 4) is 28.7 Å². The zero-order chi connectivity index (χ0) is 16.3. The van der Waals surface area contributed by atoms with Gasteiger partial charge in [-0.25, -0.2) is 0 Å². The standard InChI is InChI=1S/C16H14N2O4/c1-9-6-12(13(8-17)16(20)18-9)11-4-5-14(22-10(2)19)15(7-11)21-3/h4-7H,1-3H3,(H,18,20). The van der Waals surface area contributed by atoms with Gasteiger partial charge >= 0.3 is 5.97 Å². The first-order valence-electron chi connectivity index (χ1n) is 6.47. The Hall–Kier alpha value is -3.07. The number of carbonyl (C=O) groups is 1. The monoisotopic (exact) mass is 298 g/mol. The molecule has 1 aromatic heterocycles. The summed E-state index contributed by atoms with van der Waals surface area (Å²) in [7, 11) is 1.44. The second-order valence-electron chi connectivity index (χ2n) is 4.64. The summed E-state index contributed by atoms with van der Waals surface area (Å²) in [6.07, 6.45) is 0. The van der Waals surface area contributed by atoms with Crippen LogP contribution >= 0.6 is 0 Å². The van der Waals surface area contributed by atoms with Crippen LogP contribution in [0.1, 0.15) is 18.2 Å². The van der Waals surface area contributed by atoms with Crippen molar-refractivity contribution in [2.24, 2.45) is 0 Å². The number of esters is 1. The fraction of sp³-hybridized carbons (Fsp3) is 0.188. The maximum atomic E-state index is 11.9. The third-order valence-corrected chi connectivity index (χ3v) is 3.01. The summed E-state index contributed by atoms with van der Waals surface area (Å²) in [4.78, 5) is 25.5. The molecule has 0 unspecified atom stereocenters. The van der Waals surface area contributed by atoms with Crippen molar-refractivity contribution in [2.45, 2.75) is 13.8 Å². The molecule has 0 aliphatic heterocycles. The molecule has 0 aliphatic rings. The molecular formula is C16H14N2O4. The van der Waals surface area contributed by atoms with E-state index in [1.54, 1.807) is 31.2 Å². The van der Waals surface area contributed by atoms with E-state index in [0.717, 1.165) is 0 Å². The van der Waals surface area contributed by atoms with Gasteiger partial charge in [0.2, 0.25) is 0 Å². The van der Waals surface area contributed by atoms with Gasteiger partial charge in [-0.2, -0.15) is 5.26 Å². The summed E-state index contributed by atoms with van der Waals surface area (Å²) in [5.41, 5.74) is 1.34. The van der Waals surface area contributed by atoms with Crippen molar-refractivity contribution in [3.05, 3.63) is 45.9 Å². The van der Waals surface area contributed by atoms with E-state index in [4.69, 9.17) is 9.47 Å². The number of nitriles is 1. The van der Waals surface area contributed by atoms with E-state index in [0.29, 0.717) is 22.6 Å². The Balaban J connectivity index is 2.62. The van der Waals surface area contributed by atoms with Crippen LogP contribution in [0.3, 0.4) is 0 Å². The first kappa shape index (κ1) is 15.3. The molecule has 0 aliphatic carbocycles. The minimum Gasteiger partial charge on any atom is -0.493 e. The van der Waals surface area contributed by atoms with E-state index in [1.807, 2.05) is 6.07 Å². The molecule has 0 saturated heterocycles. The number of nitrogens with one attached hydrogen (secondary N) is 1. The van der Waals surface area contributed by atoms with Crippen molar-refractivity contribution < 1.29 is 14.3 Å². The van der Waals surface area contributed by atoms with Crippen LogP contribution in [0, 0.1) is 18.3 Å². The Morgan fingerprint density at radius 1 is 1.27 bits per heavy atom. The number of carbonyl (C=O) groups excluding carboxylic acids is 1. The summed E-state index contributed by atoms with van der Waals surface area (Å²) in [6.45, 7) is 3.03. The molecule has 0 radical (unpaired) electrons. The minimum absolute atomic E-state index is 0.0212. The van der Waals surface area contributed by atoms with Crippen LogP contribution in [0.2, 0.25) is 0 Å². The Bertz CT molecular complexity index is 831. The number of methoxy groups -OCH3 is 1. The Kier molecular flexibility index (Phi) is 4.28. The van der Waals surface area contributed by atoms with Crippen LogP contribution in [-0.2, 0) is 4.79 Å². The number of H-pyrrole nitrogens is 1. The topological polar surface area (TPSA) is 92.2 Å². The van der Waals surface area contributed by atoms with E-state index in [9.17, 15) is 14.9 Å². The number of aryl methyl sites for hydroxylation is 1. The van der Waals surface area contributed by atoms with Crippen LogP contribution in [-0.4, -0.2) is 18.1 Å². The lowest BCUT2D eigenvalue weighted by atomic mass is 10.0. The van der Waals surface area contributed by atoms with Gasteiger partial charge in [0.1, 0.15) is 11.6 Å². The molecular weight excluding hydrogens is 284 g/mol. The maximum Gasteiger partial charge on any atom is 0.308 e. The molecule has 112 valence electrons. The lowest BCUT2D eigenvalue weighted by Crippen LogP contribution is -2.12. The zero-order valence-corrected chi connectivity index (χ0v) is 12.4. The van der Waals surface area contributed by atoms with E-state index in [2.05, 4.69) is 4.98 Å². The van der Waals surface area contributed by atoms with Gasteiger partial charge in [0.25, 0.3) is 5.56 Å². The molecule has 6 heteroatoms. The van der Waals surface area contributed by atoms with Crippen LogP contribution in [0.15, 0.2) is 29.1 Å². The number of aromatic amines is 1. The van der Waals surface area contributed by atoms with E-state index in [-0.39, 0.29) is 11.3 Å². The molecule has 6 nitrogen and oxygen atoms in total. The minimum atomic E-state index is -0.462. The molecule has 0 fully saturated rings. The molecule has 1 heterocycles. The number of nitrogens with zero attached hydrogens (tertiary/aromatic N) is 1. The number of ether oxygens (including phenoxy) is 2. The highest BCUT2D eigenvalue weighted by atomic mass is 16.6. The first-order chi connectivity index (χ1) is 10.5. The molecule has 0 atom stereocenters. The Morgan fingerprint density at radius 2 is 2.00 bits per heavy atom. The van der Waals surface area contributed by atoms with Crippen LogP contribution in [0.25, 0.3) is 11.1 Å². The number of pyridine rings is 1. The lowest BCUT2D eigenvalue weighted by Gasteiger charge is -2.11. The third kappa shape index (κ3) is 2.99. The Labute approximate surface area is 126 Å². The van der Waals surface area contributed by atoms with Crippen LogP contribution in [0.4, 0.5) is 0 Å². The summed E-state index contributed by atoms with van der Waals surface area (Å²) >= 11 is 0. The van der Waals surface area contributed by atoms with Crippen LogP contribution in [0.5, 0.6) is 11.5 Å². The van der Waals surface area contributed by atoms with Gasteiger partial charge in [0.15, 0.2) is 11.5 Å². The second kappa shape index (κ2) is 6.14. The molecule has 0 spiro atoms. The number of benzene rings is 1. The van der Waals surface area contributed by atoms with Crippen molar-refractivity contribution in [2.75, 3.05) is 7.11 Å². The Morgan fingerprint density at radius 3 is 2.59 bits per heavy atom. The van der Waals surface area contributed by atoms with Gasteiger partial charge < -0.3 is 14.5 Å². The predicted octanol–water partition coefficient (Wildman–Crippen LogP) is 2.16. The third-order valence-electron chi connectivity index (χ3n) is 3.01. The van der Waals surface area contributed by atoms with Crippen LogP contribution < -0.4 is 15.0 Å². The highest BCUT2D eigenvalue weighted by Gasteiger charge is 2.14. The first-order valence-corrected chi connectivity index (χ1v) is 6.47. The predicted molar refractivity (Wildman–Crippen MR) is 79.8 cm³/mol. The number of hydrogen-bond donors (Lipinski definition) is 1. The van der Waals surface area contributed by atoms with E-state index < -0.39 is 11.5 Å². The molecule has 2 rings (SSSR count). The fourth-order valence-corrected chi connectivity index (χ4v) is 2.10. The molecule has 0 saturated carbocycles. The highest BCUT2D eigenvalue weighted by Crippen LogP contribution is 2.33. The maximum absolute atomic E-state index is 11.9. The molecule has 1 aromatic carbocycles. The number of rotatable bonds is 3. The summed E-state index contributed by atoms with van der Waals surface area (Å²) < 4.78 is 10.2. The lowest BCUT2D eigenvalue weighted by molar-refractivity contribution is -0.132. The molecule has 2 aromatic rings. The normalized spacial score (nSPS) is 9.91. The average molecular weight is 298 g/mol. The van der Waals surface area contributed by atoms with E-state index in [1.165, 1.54) is 14.0 Å². The summed E-state index contributed by atoms with van der Waals surface area (Å²) in [5, 5.41) is 9.18. The zero-order valence-electron chi connectivity index (χ0n) is 12.4. The van der Waals surface area contributed by atoms with Gasteiger partial charge in [-0.15, -0.1) is 0 Å². The van der Waals surface area contributed by atoms with Crippen molar-refractivity contribution in [3.63, 3.8) is 0 Å². The fourth-order valence-electron chi connectivity index (χ4n) is 2.10. The average Bonchev–Trinajstić information content (AvgIpc) is 2.46. The van der Waals surface area contributed by atoms with Crippen molar-refractivity contribution in [1.29, 1.82) is 5.26 Å². The molecule has 1 N–H and O–H groups in total. The summed E-state index contributed by atoms with van der Waals surface area (Å²) in [5.74, 6) is 0.157.